The number of hydrogen-bond acceptors (Lipinski definition) is 9. The van der Waals surface area contributed by atoms with Crippen LogP contribution in [0.5, 0.6) is 5.88 Å². The van der Waals surface area contributed by atoms with E-state index in [4.69, 9.17) is 4.74 Å². The van der Waals surface area contributed by atoms with Crippen molar-refractivity contribution in [3.8, 4) is 5.88 Å². The van der Waals surface area contributed by atoms with E-state index in [1.54, 1.807) is 29.2 Å². The predicted molar refractivity (Wildman–Crippen MR) is 139 cm³/mol. The van der Waals surface area contributed by atoms with Gasteiger partial charge in [0.1, 0.15) is 22.9 Å². The van der Waals surface area contributed by atoms with Crippen LogP contribution in [0.15, 0.2) is 55.3 Å². The Kier molecular flexibility index (Phi) is 8.13. The van der Waals surface area contributed by atoms with Crippen LogP contribution in [0.4, 0.5) is 47.8 Å². The molecule has 1 aliphatic heterocycles. The number of ether oxygens (including phenoxy) is 1. The molecule has 3 aromatic rings. The van der Waals surface area contributed by atoms with Gasteiger partial charge in [0.2, 0.25) is 24.1 Å². The molecule has 3 heterocycles. The highest BCUT2D eigenvalue weighted by Gasteiger charge is 2.35. The van der Waals surface area contributed by atoms with E-state index < -0.39 is 23.5 Å². The second-order valence-electron chi connectivity index (χ2n) is 8.46. The van der Waals surface area contributed by atoms with Crippen LogP contribution >= 0.6 is 0 Å². The predicted octanol–water partition coefficient (Wildman–Crippen LogP) is 4.15. The second kappa shape index (κ2) is 11.7. The van der Waals surface area contributed by atoms with E-state index in [2.05, 4.69) is 42.8 Å². The first-order valence-electron chi connectivity index (χ1n) is 11.7. The lowest BCUT2D eigenvalue weighted by atomic mass is 10.2. The fourth-order valence-electron chi connectivity index (χ4n) is 3.85. The molecule has 1 unspecified atom stereocenters. The minimum atomic E-state index is -4.73. The summed E-state index contributed by atoms with van der Waals surface area (Å²) < 4.78 is 46.5. The Labute approximate surface area is 221 Å². The summed E-state index contributed by atoms with van der Waals surface area (Å²) in [6, 6.07) is 9.43. The molecule has 0 aliphatic carbocycles. The standard InChI is InChI=1S/C25H25F3N8O3/c1-3-21(38)31-15-5-4-6-16(11-15)32-22-18(25(26,27)28)12-29-24(35-22)33-19-7-8-20(34-23(19)39-2)30-17-9-10-36(13-17)14-37/h3-8,11-12,14,17H,1,9-10,13H2,2H3,(H,30,34)(H,31,38)(H2,29,32,33,35). The number of likely N-dealkylation sites (tertiary alicyclic amines) is 1. The van der Waals surface area contributed by atoms with Gasteiger partial charge < -0.3 is 30.9 Å². The van der Waals surface area contributed by atoms with Crippen molar-refractivity contribution < 1.29 is 27.5 Å². The molecular formula is C25H25F3N8O3. The summed E-state index contributed by atoms with van der Waals surface area (Å²) in [7, 11) is 1.40. The van der Waals surface area contributed by atoms with Gasteiger partial charge in [-0.05, 0) is 42.8 Å². The Balaban J connectivity index is 1.56. The lowest BCUT2D eigenvalue weighted by molar-refractivity contribution is -0.137. The summed E-state index contributed by atoms with van der Waals surface area (Å²) in [5, 5.41) is 11.3. The van der Waals surface area contributed by atoms with E-state index >= 15 is 0 Å². The van der Waals surface area contributed by atoms with Gasteiger partial charge in [-0.15, -0.1) is 0 Å². The van der Waals surface area contributed by atoms with Gasteiger partial charge in [-0.2, -0.15) is 23.1 Å². The monoisotopic (exact) mass is 542 g/mol. The largest absolute Gasteiger partial charge is 0.479 e. The van der Waals surface area contributed by atoms with Crippen LogP contribution in [0.1, 0.15) is 12.0 Å². The van der Waals surface area contributed by atoms with Crippen molar-refractivity contribution in [2.24, 2.45) is 0 Å². The van der Waals surface area contributed by atoms with E-state index in [0.717, 1.165) is 18.9 Å². The van der Waals surface area contributed by atoms with Gasteiger partial charge in [0.25, 0.3) is 0 Å². The van der Waals surface area contributed by atoms with Crippen molar-refractivity contribution in [3.63, 3.8) is 0 Å². The van der Waals surface area contributed by atoms with Gasteiger partial charge >= 0.3 is 6.18 Å². The molecule has 0 saturated carbocycles. The molecule has 0 bridgehead atoms. The van der Waals surface area contributed by atoms with Crippen molar-refractivity contribution in [1.82, 2.24) is 19.9 Å². The Morgan fingerprint density at radius 3 is 2.67 bits per heavy atom. The molecule has 11 nitrogen and oxygen atoms in total. The lowest BCUT2D eigenvalue weighted by Crippen LogP contribution is -2.25. The normalized spacial score (nSPS) is 14.9. The van der Waals surface area contributed by atoms with Gasteiger partial charge in [-0.25, -0.2) is 4.98 Å². The number of anilines is 6. The zero-order valence-corrected chi connectivity index (χ0v) is 20.7. The Bertz CT molecular complexity index is 1370. The van der Waals surface area contributed by atoms with Crippen molar-refractivity contribution >= 4 is 47.0 Å². The van der Waals surface area contributed by atoms with E-state index in [1.165, 1.54) is 19.2 Å². The molecule has 14 heteroatoms. The third-order valence-electron chi connectivity index (χ3n) is 5.69. The summed E-state index contributed by atoms with van der Waals surface area (Å²) in [6.45, 7) is 4.56. The average molecular weight is 543 g/mol. The van der Waals surface area contributed by atoms with Gasteiger partial charge in [0.05, 0.1) is 7.11 Å². The first kappa shape index (κ1) is 27.2. The average Bonchev–Trinajstić information content (AvgIpc) is 3.36. The van der Waals surface area contributed by atoms with E-state index in [1.807, 2.05) is 0 Å². The number of aromatic nitrogens is 3. The van der Waals surface area contributed by atoms with Crippen LogP contribution in [0.3, 0.4) is 0 Å². The highest BCUT2D eigenvalue weighted by molar-refractivity contribution is 5.99. The van der Waals surface area contributed by atoms with Gasteiger partial charge in [0, 0.05) is 36.7 Å². The number of alkyl halides is 3. The number of benzene rings is 1. The Morgan fingerprint density at radius 2 is 1.97 bits per heavy atom. The van der Waals surface area contributed by atoms with Gasteiger partial charge in [-0.3, -0.25) is 9.59 Å². The summed E-state index contributed by atoms with van der Waals surface area (Å²) in [5.74, 6) is -0.437. The van der Waals surface area contributed by atoms with Crippen LogP contribution in [0.25, 0.3) is 0 Å². The third-order valence-corrected chi connectivity index (χ3v) is 5.69. The van der Waals surface area contributed by atoms with Gasteiger partial charge in [0.15, 0.2) is 0 Å². The second-order valence-corrected chi connectivity index (χ2v) is 8.46. The summed E-state index contributed by atoms with van der Waals surface area (Å²) in [4.78, 5) is 36.4. The summed E-state index contributed by atoms with van der Waals surface area (Å²) in [5.41, 5.74) is -0.156. The zero-order chi connectivity index (χ0) is 28.0. The smallest absolute Gasteiger partial charge is 0.421 e. The Morgan fingerprint density at radius 1 is 1.18 bits per heavy atom. The number of hydrogen-bond donors (Lipinski definition) is 4. The van der Waals surface area contributed by atoms with Crippen molar-refractivity contribution in [2.45, 2.75) is 18.6 Å². The zero-order valence-electron chi connectivity index (χ0n) is 20.7. The topological polar surface area (TPSA) is 133 Å². The van der Waals surface area contributed by atoms with E-state index in [0.29, 0.717) is 36.5 Å². The van der Waals surface area contributed by atoms with E-state index in [-0.39, 0.29) is 23.6 Å². The Hall–Kier alpha value is -4.88. The highest BCUT2D eigenvalue weighted by Crippen LogP contribution is 2.36. The molecule has 204 valence electrons. The van der Waals surface area contributed by atoms with Crippen molar-refractivity contribution in [3.05, 3.63) is 60.8 Å². The van der Waals surface area contributed by atoms with Crippen molar-refractivity contribution in [2.75, 3.05) is 41.5 Å². The fraction of sp³-hybridized carbons (Fsp3) is 0.240. The van der Waals surface area contributed by atoms with Crippen LogP contribution in [0.2, 0.25) is 0 Å². The molecule has 0 radical (unpaired) electrons. The molecule has 39 heavy (non-hydrogen) atoms. The van der Waals surface area contributed by atoms with Gasteiger partial charge in [-0.1, -0.05) is 12.6 Å². The molecular weight excluding hydrogens is 517 g/mol. The lowest BCUT2D eigenvalue weighted by Gasteiger charge is -2.17. The first-order valence-corrected chi connectivity index (χ1v) is 11.7. The first-order chi connectivity index (χ1) is 18.7. The number of carbonyl (C=O) groups excluding carboxylic acids is 2. The highest BCUT2D eigenvalue weighted by atomic mass is 19.4. The maximum Gasteiger partial charge on any atom is 0.421 e. The minimum Gasteiger partial charge on any atom is -0.479 e. The molecule has 1 saturated heterocycles. The molecule has 2 amide bonds. The minimum absolute atomic E-state index is 0.0293. The molecule has 4 rings (SSSR count). The third kappa shape index (κ3) is 6.91. The molecule has 1 fully saturated rings. The van der Waals surface area contributed by atoms with Crippen molar-refractivity contribution in [1.29, 1.82) is 0 Å². The molecule has 1 atom stereocenters. The summed E-state index contributed by atoms with van der Waals surface area (Å²) >= 11 is 0. The number of rotatable bonds is 10. The van der Waals surface area contributed by atoms with Crippen LogP contribution in [-0.4, -0.2) is 58.4 Å². The maximum atomic E-state index is 13.7. The number of methoxy groups -OCH3 is 1. The molecule has 1 aliphatic rings. The quantitative estimate of drug-likeness (QED) is 0.220. The SMILES string of the molecule is C=CC(=O)Nc1cccc(Nc2nc(Nc3ccc(NC4CCN(C=O)C4)nc3OC)ncc2C(F)(F)F)c1. The molecule has 2 aromatic heterocycles. The summed E-state index contributed by atoms with van der Waals surface area (Å²) in [6.07, 6.45) is -1.43. The molecule has 0 spiro atoms. The van der Waals surface area contributed by atoms with Crippen LogP contribution in [-0.2, 0) is 15.8 Å². The molecule has 1 aromatic carbocycles. The maximum absolute atomic E-state index is 13.7. The van der Waals surface area contributed by atoms with Crippen LogP contribution < -0.4 is 26.0 Å². The fourth-order valence-corrected chi connectivity index (χ4v) is 3.85. The molecule has 4 N–H and O–H groups in total. The van der Waals surface area contributed by atoms with E-state index in [9.17, 15) is 22.8 Å². The number of pyridine rings is 1. The number of carbonyl (C=O) groups is 2. The number of nitrogens with zero attached hydrogens (tertiary/aromatic N) is 4. The number of nitrogens with one attached hydrogen (secondary N) is 4. The number of halogens is 3. The van der Waals surface area contributed by atoms with Crippen LogP contribution in [0, 0.1) is 0 Å². The number of amides is 2.